The summed E-state index contributed by atoms with van der Waals surface area (Å²) < 4.78 is 11.2. The summed E-state index contributed by atoms with van der Waals surface area (Å²) >= 11 is 0. The van der Waals surface area contributed by atoms with Gasteiger partial charge < -0.3 is 9.47 Å². The summed E-state index contributed by atoms with van der Waals surface area (Å²) in [6, 6.07) is 15.8. The SMILES string of the molecule is COc1ccc2c(c1)CCOC2c1ccc(C#N)cc1. The Morgan fingerprint density at radius 2 is 2.00 bits per heavy atom. The maximum Gasteiger partial charge on any atom is 0.119 e. The molecule has 0 spiro atoms. The van der Waals surface area contributed by atoms with Gasteiger partial charge in [0.2, 0.25) is 0 Å². The van der Waals surface area contributed by atoms with E-state index in [0.29, 0.717) is 12.2 Å². The minimum absolute atomic E-state index is 0.0580. The van der Waals surface area contributed by atoms with E-state index in [9.17, 15) is 0 Å². The van der Waals surface area contributed by atoms with Crippen molar-refractivity contribution in [2.24, 2.45) is 0 Å². The highest BCUT2D eigenvalue weighted by molar-refractivity contribution is 5.43. The Kier molecular flexibility index (Phi) is 3.41. The lowest BCUT2D eigenvalue weighted by Crippen LogP contribution is -2.17. The van der Waals surface area contributed by atoms with Crippen LogP contribution < -0.4 is 4.74 Å². The van der Waals surface area contributed by atoms with E-state index >= 15 is 0 Å². The molecule has 0 amide bonds. The van der Waals surface area contributed by atoms with E-state index in [4.69, 9.17) is 14.7 Å². The molecule has 1 aliphatic heterocycles. The molecule has 0 N–H and O–H groups in total. The summed E-state index contributed by atoms with van der Waals surface area (Å²) in [4.78, 5) is 0. The zero-order valence-corrected chi connectivity index (χ0v) is 11.3. The van der Waals surface area contributed by atoms with Gasteiger partial charge in [0.15, 0.2) is 0 Å². The van der Waals surface area contributed by atoms with Gasteiger partial charge in [0.05, 0.1) is 25.3 Å². The van der Waals surface area contributed by atoms with Gasteiger partial charge in [0.25, 0.3) is 0 Å². The molecule has 2 aromatic rings. The van der Waals surface area contributed by atoms with Crippen LogP contribution in [0.4, 0.5) is 0 Å². The Labute approximate surface area is 118 Å². The van der Waals surface area contributed by atoms with Crippen LogP contribution in [-0.2, 0) is 11.2 Å². The van der Waals surface area contributed by atoms with E-state index in [-0.39, 0.29) is 6.10 Å². The highest BCUT2D eigenvalue weighted by Crippen LogP contribution is 2.34. The average molecular weight is 265 g/mol. The van der Waals surface area contributed by atoms with Gasteiger partial charge in [-0.25, -0.2) is 0 Å². The second kappa shape index (κ2) is 5.36. The van der Waals surface area contributed by atoms with E-state index in [2.05, 4.69) is 18.2 Å². The molecule has 3 nitrogen and oxygen atoms in total. The third kappa shape index (κ3) is 2.26. The van der Waals surface area contributed by atoms with E-state index in [1.165, 1.54) is 11.1 Å². The molecule has 3 rings (SSSR count). The maximum absolute atomic E-state index is 8.86. The fourth-order valence-electron chi connectivity index (χ4n) is 2.57. The predicted octanol–water partition coefficient (Wildman–Crippen LogP) is 3.23. The number of ether oxygens (including phenoxy) is 2. The van der Waals surface area contributed by atoms with Gasteiger partial charge in [-0.15, -0.1) is 0 Å². The Morgan fingerprint density at radius 1 is 1.20 bits per heavy atom. The van der Waals surface area contributed by atoms with Crippen LogP contribution in [0.3, 0.4) is 0 Å². The van der Waals surface area contributed by atoms with Gasteiger partial charge in [0, 0.05) is 0 Å². The number of benzene rings is 2. The van der Waals surface area contributed by atoms with Crippen molar-refractivity contribution in [2.45, 2.75) is 12.5 Å². The molecular formula is C17H15NO2. The molecular weight excluding hydrogens is 250 g/mol. The minimum atomic E-state index is -0.0580. The van der Waals surface area contributed by atoms with Crippen molar-refractivity contribution in [3.8, 4) is 11.8 Å². The summed E-state index contributed by atoms with van der Waals surface area (Å²) in [5.41, 5.74) is 4.20. The number of nitriles is 1. The van der Waals surface area contributed by atoms with Gasteiger partial charge in [-0.3, -0.25) is 0 Å². The van der Waals surface area contributed by atoms with Crippen molar-refractivity contribution in [1.29, 1.82) is 5.26 Å². The topological polar surface area (TPSA) is 42.2 Å². The second-order valence-corrected chi connectivity index (χ2v) is 4.80. The maximum atomic E-state index is 8.86. The lowest BCUT2D eigenvalue weighted by Gasteiger charge is -2.26. The zero-order valence-electron chi connectivity index (χ0n) is 11.3. The highest BCUT2D eigenvalue weighted by Gasteiger charge is 2.22. The molecule has 0 radical (unpaired) electrons. The smallest absolute Gasteiger partial charge is 0.119 e. The van der Waals surface area contributed by atoms with Crippen LogP contribution in [0.1, 0.15) is 28.4 Å². The molecule has 0 fully saturated rings. The second-order valence-electron chi connectivity index (χ2n) is 4.80. The number of nitrogens with zero attached hydrogens (tertiary/aromatic N) is 1. The Morgan fingerprint density at radius 3 is 2.70 bits per heavy atom. The lowest BCUT2D eigenvalue weighted by molar-refractivity contribution is 0.0697. The van der Waals surface area contributed by atoms with E-state index in [0.717, 1.165) is 17.7 Å². The summed E-state index contributed by atoms with van der Waals surface area (Å²) in [5, 5.41) is 8.86. The number of hydrogen-bond donors (Lipinski definition) is 0. The highest BCUT2D eigenvalue weighted by atomic mass is 16.5. The molecule has 0 aliphatic carbocycles. The van der Waals surface area contributed by atoms with Gasteiger partial charge >= 0.3 is 0 Å². The summed E-state index contributed by atoms with van der Waals surface area (Å²) in [5.74, 6) is 0.879. The summed E-state index contributed by atoms with van der Waals surface area (Å²) in [7, 11) is 1.68. The number of fused-ring (bicyclic) bond motifs is 1. The Hall–Kier alpha value is -2.31. The van der Waals surface area contributed by atoms with Gasteiger partial charge in [-0.05, 0) is 47.4 Å². The summed E-state index contributed by atoms with van der Waals surface area (Å²) in [6.45, 7) is 0.699. The molecule has 100 valence electrons. The monoisotopic (exact) mass is 265 g/mol. The fraction of sp³-hybridized carbons (Fsp3) is 0.235. The quantitative estimate of drug-likeness (QED) is 0.837. The molecule has 1 aliphatic rings. The third-order valence-corrected chi connectivity index (χ3v) is 3.63. The first-order chi connectivity index (χ1) is 9.81. The first kappa shape index (κ1) is 12.7. The number of methoxy groups -OCH3 is 1. The van der Waals surface area contributed by atoms with Crippen LogP contribution in [0.2, 0.25) is 0 Å². The van der Waals surface area contributed by atoms with Crippen molar-refractivity contribution in [3.05, 3.63) is 64.7 Å². The van der Waals surface area contributed by atoms with E-state index < -0.39 is 0 Å². The van der Waals surface area contributed by atoms with Crippen LogP contribution in [0.15, 0.2) is 42.5 Å². The molecule has 2 aromatic carbocycles. The first-order valence-corrected chi connectivity index (χ1v) is 6.60. The Balaban J connectivity index is 1.98. The predicted molar refractivity (Wildman–Crippen MR) is 75.7 cm³/mol. The molecule has 1 atom stereocenters. The number of rotatable bonds is 2. The summed E-state index contributed by atoms with van der Waals surface area (Å²) in [6.07, 6.45) is 0.844. The Bertz CT molecular complexity index is 656. The molecule has 0 saturated heterocycles. The van der Waals surface area contributed by atoms with Crippen molar-refractivity contribution in [2.75, 3.05) is 13.7 Å². The number of hydrogen-bond acceptors (Lipinski definition) is 3. The standard InChI is InChI=1S/C17H15NO2/c1-19-15-6-7-16-14(10-15)8-9-20-17(16)13-4-2-12(11-18)3-5-13/h2-7,10,17H,8-9H2,1H3. The van der Waals surface area contributed by atoms with Gasteiger partial charge in [0.1, 0.15) is 11.9 Å². The van der Waals surface area contributed by atoms with Crippen LogP contribution >= 0.6 is 0 Å². The third-order valence-electron chi connectivity index (χ3n) is 3.63. The van der Waals surface area contributed by atoms with Crippen molar-refractivity contribution >= 4 is 0 Å². The first-order valence-electron chi connectivity index (χ1n) is 6.60. The van der Waals surface area contributed by atoms with Crippen LogP contribution in [-0.4, -0.2) is 13.7 Å². The van der Waals surface area contributed by atoms with Crippen molar-refractivity contribution in [1.82, 2.24) is 0 Å². The average Bonchev–Trinajstić information content (AvgIpc) is 2.54. The normalized spacial score (nSPS) is 17.1. The lowest BCUT2D eigenvalue weighted by atomic mass is 9.92. The molecule has 0 bridgehead atoms. The fourth-order valence-corrected chi connectivity index (χ4v) is 2.57. The molecule has 0 saturated carbocycles. The van der Waals surface area contributed by atoms with Crippen LogP contribution in [0.5, 0.6) is 5.75 Å². The molecule has 20 heavy (non-hydrogen) atoms. The van der Waals surface area contributed by atoms with Gasteiger partial charge in [-0.2, -0.15) is 5.26 Å². The minimum Gasteiger partial charge on any atom is -0.497 e. The molecule has 0 aromatic heterocycles. The zero-order chi connectivity index (χ0) is 13.9. The van der Waals surface area contributed by atoms with Crippen LogP contribution in [0.25, 0.3) is 0 Å². The van der Waals surface area contributed by atoms with Crippen molar-refractivity contribution in [3.63, 3.8) is 0 Å². The van der Waals surface area contributed by atoms with E-state index in [1.807, 2.05) is 30.3 Å². The van der Waals surface area contributed by atoms with Crippen LogP contribution in [0, 0.1) is 11.3 Å². The van der Waals surface area contributed by atoms with Gasteiger partial charge in [-0.1, -0.05) is 18.2 Å². The van der Waals surface area contributed by atoms with E-state index in [1.54, 1.807) is 7.11 Å². The molecule has 1 heterocycles. The molecule has 1 unspecified atom stereocenters. The largest absolute Gasteiger partial charge is 0.497 e. The molecule has 3 heteroatoms. The van der Waals surface area contributed by atoms with Crippen molar-refractivity contribution < 1.29 is 9.47 Å².